The SMILES string of the molecule is CC(C)(O)COc1ccc2ccccc2c1CNC1CC1. The number of ether oxygens (including phenoxy) is 1. The third-order valence-corrected chi connectivity index (χ3v) is 3.72. The van der Waals surface area contributed by atoms with Gasteiger partial charge in [-0.25, -0.2) is 0 Å². The first-order chi connectivity index (χ1) is 10.0. The molecule has 1 aliphatic rings. The van der Waals surface area contributed by atoms with Crippen molar-refractivity contribution in [3.05, 3.63) is 42.0 Å². The van der Waals surface area contributed by atoms with Gasteiger partial charge in [0.2, 0.25) is 0 Å². The minimum absolute atomic E-state index is 0.293. The standard InChI is InChI=1S/C18H23NO2/c1-18(2,20)12-21-17-10-7-13-5-3-4-6-15(13)16(17)11-19-14-8-9-14/h3-7,10,14,19-20H,8-9,11-12H2,1-2H3. The third kappa shape index (κ3) is 3.74. The number of hydrogen-bond donors (Lipinski definition) is 2. The van der Waals surface area contributed by atoms with Crippen molar-refractivity contribution in [3.63, 3.8) is 0 Å². The van der Waals surface area contributed by atoms with Crippen molar-refractivity contribution in [1.82, 2.24) is 5.32 Å². The largest absolute Gasteiger partial charge is 0.490 e. The number of benzene rings is 2. The Morgan fingerprint density at radius 2 is 1.95 bits per heavy atom. The Morgan fingerprint density at radius 1 is 1.19 bits per heavy atom. The average Bonchev–Trinajstić information content (AvgIpc) is 3.26. The first-order valence-electron chi connectivity index (χ1n) is 7.62. The monoisotopic (exact) mass is 285 g/mol. The molecule has 0 aromatic heterocycles. The lowest BCUT2D eigenvalue weighted by Crippen LogP contribution is -2.28. The van der Waals surface area contributed by atoms with Crippen LogP contribution in [-0.4, -0.2) is 23.4 Å². The van der Waals surface area contributed by atoms with Gasteiger partial charge in [0.05, 0.1) is 5.60 Å². The Hall–Kier alpha value is -1.58. The lowest BCUT2D eigenvalue weighted by molar-refractivity contribution is 0.0282. The highest BCUT2D eigenvalue weighted by atomic mass is 16.5. The van der Waals surface area contributed by atoms with Crippen LogP contribution in [0.1, 0.15) is 32.3 Å². The number of hydrogen-bond acceptors (Lipinski definition) is 3. The molecule has 21 heavy (non-hydrogen) atoms. The number of nitrogens with one attached hydrogen (secondary N) is 1. The quantitative estimate of drug-likeness (QED) is 0.856. The molecule has 0 saturated heterocycles. The maximum absolute atomic E-state index is 9.87. The van der Waals surface area contributed by atoms with Crippen LogP contribution < -0.4 is 10.1 Å². The summed E-state index contributed by atoms with van der Waals surface area (Å²) >= 11 is 0. The highest BCUT2D eigenvalue weighted by Gasteiger charge is 2.22. The summed E-state index contributed by atoms with van der Waals surface area (Å²) in [4.78, 5) is 0. The summed E-state index contributed by atoms with van der Waals surface area (Å²) in [5, 5.41) is 15.9. The highest BCUT2D eigenvalue weighted by Crippen LogP contribution is 2.30. The summed E-state index contributed by atoms with van der Waals surface area (Å²) in [7, 11) is 0. The van der Waals surface area contributed by atoms with Crippen molar-refractivity contribution in [3.8, 4) is 5.75 Å². The topological polar surface area (TPSA) is 41.5 Å². The van der Waals surface area contributed by atoms with Gasteiger partial charge in [-0.3, -0.25) is 0 Å². The first-order valence-corrected chi connectivity index (χ1v) is 7.62. The molecule has 3 rings (SSSR count). The summed E-state index contributed by atoms with van der Waals surface area (Å²) in [6.45, 7) is 4.63. The molecule has 0 bridgehead atoms. The number of rotatable bonds is 6. The predicted molar refractivity (Wildman–Crippen MR) is 85.6 cm³/mol. The van der Waals surface area contributed by atoms with Crippen LogP contribution in [-0.2, 0) is 6.54 Å². The molecule has 0 amide bonds. The normalized spacial score (nSPS) is 15.4. The molecule has 2 aromatic carbocycles. The van der Waals surface area contributed by atoms with E-state index in [1.807, 2.05) is 6.07 Å². The summed E-state index contributed by atoms with van der Waals surface area (Å²) in [5.74, 6) is 0.865. The van der Waals surface area contributed by atoms with Gasteiger partial charge in [-0.1, -0.05) is 30.3 Å². The van der Waals surface area contributed by atoms with Gasteiger partial charge in [-0.2, -0.15) is 0 Å². The Bertz CT molecular complexity index is 627. The minimum atomic E-state index is -0.827. The maximum Gasteiger partial charge on any atom is 0.124 e. The molecule has 0 unspecified atom stereocenters. The van der Waals surface area contributed by atoms with Gasteiger partial charge < -0.3 is 15.2 Å². The molecule has 0 radical (unpaired) electrons. The van der Waals surface area contributed by atoms with Crippen LogP contribution in [0.15, 0.2) is 36.4 Å². The number of aliphatic hydroxyl groups is 1. The van der Waals surface area contributed by atoms with Crippen molar-refractivity contribution < 1.29 is 9.84 Å². The Balaban J connectivity index is 1.90. The molecule has 0 spiro atoms. The molecule has 2 aromatic rings. The molecule has 1 aliphatic carbocycles. The molecular formula is C18H23NO2. The van der Waals surface area contributed by atoms with Gasteiger partial charge in [0.1, 0.15) is 12.4 Å². The van der Waals surface area contributed by atoms with Gasteiger partial charge in [-0.05, 0) is 43.5 Å². The molecule has 3 heteroatoms. The summed E-state index contributed by atoms with van der Waals surface area (Å²) in [6, 6.07) is 13.1. The van der Waals surface area contributed by atoms with Crippen molar-refractivity contribution in [2.24, 2.45) is 0 Å². The van der Waals surface area contributed by atoms with E-state index in [-0.39, 0.29) is 0 Å². The van der Waals surface area contributed by atoms with E-state index in [9.17, 15) is 5.11 Å². The molecule has 3 nitrogen and oxygen atoms in total. The smallest absolute Gasteiger partial charge is 0.124 e. The van der Waals surface area contributed by atoms with Crippen molar-refractivity contribution in [2.45, 2.75) is 44.9 Å². The van der Waals surface area contributed by atoms with Crippen LogP contribution in [0.25, 0.3) is 10.8 Å². The Labute approximate surface area is 125 Å². The molecule has 1 fully saturated rings. The zero-order valence-corrected chi connectivity index (χ0v) is 12.7. The lowest BCUT2D eigenvalue weighted by atomic mass is 10.0. The Kier molecular flexibility index (Phi) is 3.87. The van der Waals surface area contributed by atoms with E-state index in [1.54, 1.807) is 13.8 Å². The lowest BCUT2D eigenvalue weighted by Gasteiger charge is -2.20. The molecule has 2 N–H and O–H groups in total. The summed E-state index contributed by atoms with van der Waals surface area (Å²) in [6.07, 6.45) is 2.54. The van der Waals surface area contributed by atoms with E-state index < -0.39 is 5.60 Å². The summed E-state index contributed by atoms with van der Waals surface area (Å²) < 4.78 is 5.87. The number of fused-ring (bicyclic) bond motifs is 1. The van der Waals surface area contributed by atoms with Crippen molar-refractivity contribution in [2.75, 3.05) is 6.61 Å². The van der Waals surface area contributed by atoms with Crippen LogP contribution >= 0.6 is 0 Å². The fourth-order valence-electron chi connectivity index (χ4n) is 2.42. The zero-order chi connectivity index (χ0) is 14.9. The fraction of sp³-hybridized carbons (Fsp3) is 0.444. The van der Waals surface area contributed by atoms with E-state index in [1.165, 1.54) is 29.2 Å². The Morgan fingerprint density at radius 3 is 2.67 bits per heavy atom. The van der Waals surface area contributed by atoms with Gasteiger partial charge >= 0.3 is 0 Å². The predicted octanol–water partition coefficient (Wildman–Crippen LogP) is 3.24. The second-order valence-corrected chi connectivity index (χ2v) is 6.52. The van der Waals surface area contributed by atoms with Gasteiger partial charge in [0, 0.05) is 18.2 Å². The molecule has 112 valence electrons. The third-order valence-electron chi connectivity index (χ3n) is 3.72. The van der Waals surface area contributed by atoms with Crippen LogP contribution in [0, 0.1) is 0 Å². The molecule has 1 saturated carbocycles. The van der Waals surface area contributed by atoms with Gasteiger partial charge in [0.25, 0.3) is 0 Å². The first kappa shape index (κ1) is 14.4. The van der Waals surface area contributed by atoms with Crippen molar-refractivity contribution >= 4 is 10.8 Å². The van der Waals surface area contributed by atoms with E-state index in [4.69, 9.17) is 4.74 Å². The summed E-state index contributed by atoms with van der Waals surface area (Å²) in [5.41, 5.74) is 0.358. The second kappa shape index (κ2) is 5.66. The minimum Gasteiger partial charge on any atom is -0.490 e. The van der Waals surface area contributed by atoms with Crippen LogP contribution in [0.4, 0.5) is 0 Å². The molecule has 0 aliphatic heterocycles. The highest BCUT2D eigenvalue weighted by molar-refractivity contribution is 5.87. The zero-order valence-electron chi connectivity index (χ0n) is 12.7. The van der Waals surface area contributed by atoms with E-state index in [0.29, 0.717) is 12.6 Å². The van der Waals surface area contributed by atoms with Crippen molar-refractivity contribution in [1.29, 1.82) is 0 Å². The second-order valence-electron chi connectivity index (χ2n) is 6.52. The van der Waals surface area contributed by atoms with Crippen LogP contribution in [0.3, 0.4) is 0 Å². The fourth-order valence-corrected chi connectivity index (χ4v) is 2.42. The molecule has 0 heterocycles. The van der Waals surface area contributed by atoms with Gasteiger partial charge in [0.15, 0.2) is 0 Å². The van der Waals surface area contributed by atoms with Crippen LogP contribution in [0.2, 0.25) is 0 Å². The van der Waals surface area contributed by atoms with Gasteiger partial charge in [-0.15, -0.1) is 0 Å². The average molecular weight is 285 g/mol. The molecule has 0 atom stereocenters. The maximum atomic E-state index is 9.87. The van der Waals surface area contributed by atoms with E-state index >= 15 is 0 Å². The van der Waals surface area contributed by atoms with Crippen LogP contribution in [0.5, 0.6) is 5.75 Å². The van der Waals surface area contributed by atoms with E-state index in [0.717, 1.165) is 12.3 Å². The van der Waals surface area contributed by atoms with E-state index in [2.05, 4.69) is 35.6 Å². The molecular weight excluding hydrogens is 262 g/mol.